The minimum atomic E-state index is -0.460. The monoisotopic (exact) mass is 257 g/mol. The second kappa shape index (κ2) is 3.21. The standard InChI is InChI=1S/C8H8BrN3O2/c9-6-1-7(12(13)14)8(10)5-3-11-2-4(5)6/h1,11H,2-3,10H2. The number of nitro benzene ring substituents is 1. The molecule has 0 aromatic heterocycles. The minimum Gasteiger partial charge on any atom is -0.393 e. The van der Waals surface area contributed by atoms with Crippen LogP contribution in [0.3, 0.4) is 0 Å². The average Bonchev–Trinajstić information content (AvgIpc) is 2.59. The quantitative estimate of drug-likeness (QED) is 0.455. The Hall–Kier alpha value is -1.14. The molecule has 0 fully saturated rings. The highest BCUT2D eigenvalue weighted by Gasteiger charge is 2.24. The van der Waals surface area contributed by atoms with Gasteiger partial charge in [0.15, 0.2) is 0 Å². The summed E-state index contributed by atoms with van der Waals surface area (Å²) in [5.74, 6) is 0. The summed E-state index contributed by atoms with van der Waals surface area (Å²) in [4.78, 5) is 10.2. The molecule has 0 radical (unpaired) electrons. The third-order valence-electron chi connectivity index (χ3n) is 2.32. The van der Waals surface area contributed by atoms with Gasteiger partial charge < -0.3 is 11.1 Å². The molecule has 0 bridgehead atoms. The van der Waals surface area contributed by atoms with Gasteiger partial charge in [0.05, 0.1) is 4.92 Å². The van der Waals surface area contributed by atoms with E-state index in [-0.39, 0.29) is 11.4 Å². The predicted molar refractivity (Wildman–Crippen MR) is 55.8 cm³/mol. The Morgan fingerprint density at radius 2 is 2.14 bits per heavy atom. The minimum absolute atomic E-state index is 0.0284. The van der Waals surface area contributed by atoms with Gasteiger partial charge in [-0.2, -0.15) is 0 Å². The molecule has 1 aliphatic heterocycles. The molecule has 0 saturated carbocycles. The molecule has 74 valence electrons. The SMILES string of the molecule is Nc1c([N+](=O)[O-])cc(Br)c2c1CNC2. The molecule has 0 amide bonds. The van der Waals surface area contributed by atoms with Gasteiger partial charge >= 0.3 is 0 Å². The molecule has 1 heterocycles. The molecule has 1 aromatic rings. The van der Waals surface area contributed by atoms with Gasteiger partial charge in [0, 0.05) is 29.2 Å². The molecule has 0 spiro atoms. The Bertz CT molecular complexity index is 420. The smallest absolute Gasteiger partial charge is 0.293 e. The lowest BCUT2D eigenvalue weighted by Crippen LogP contribution is -2.02. The predicted octanol–water partition coefficient (Wildman–Crippen LogP) is 1.54. The number of rotatable bonds is 1. The normalized spacial score (nSPS) is 14.1. The van der Waals surface area contributed by atoms with Crippen LogP contribution in [-0.4, -0.2) is 4.92 Å². The van der Waals surface area contributed by atoms with E-state index in [1.54, 1.807) is 0 Å². The number of nitrogen functional groups attached to an aromatic ring is 1. The Morgan fingerprint density at radius 1 is 1.50 bits per heavy atom. The number of nitrogens with zero attached hydrogens (tertiary/aromatic N) is 1. The molecule has 1 aliphatic rings. The number of halogens is 1. The van der Waals surface area contributed by atoms with Gasteiger partial charge in [0.1, 0.15) is 5.69 Å². The van der Waals surface area contributed by atoms with Gasteiger partial charge in [-0.05, 0) is 5.56 Å². The number of nitro groups is 1. The van der Waals surface area contributed by atoms with Crippen molar-refractivity contribution in [2.45, 2.75) is 13.1 Å². The second-order valence-electron chi connectivity index (χ2n) is 3.11. The van der Waals surface area contributed by atoms with E-state index in [1.807, 2.05) is 0 Å². The van der Waals surface area contributed by atoms with E-state index in [2.05, 4.69) is 21.2 Å². The summed E-state index contributed by atoms with van der Waals surface area (Å²) < 4.78 is 0.749. The number of anilines is 1. The molecule has 0 atom stereocenters. The summed E-state index contributed by atoms with van der Waals surface area (Å²) in [6.07, 6.45) is 0. The highest BCUT2D eigenvalue weighted by atomic mass is 79.9. The third kappa shape index (κ3) is 1.27. The van der Waals surface area contributed by atoms with Crippen LogP contribution in [0.5, 0.6) is 0 Å². The maximum atomic E-state index is 10.7. The molecular weight excluding hydrogens is 250 g/mol. The van der Waals surface area contributed by atoms with Crippen LogP contribution in [0.4, 0.5) is 11.4 Å². The summed E-state index contributed by atoms with van der Waals surface area (Å²) in [7, 11) is 0. The average molecular weight is 258 g/mol. The lowest BCUT2D eigenvalue weighted by Gasteiger charge is -2.05. The maximum absolute atomic E-state index is 10.7. The molecule has 14 heavy (non-hydrogen) atoms. The molecular formula is C8H8BrN3O2. The maximum Gasteiger partial charge on any atom is 0.293 e. The van der Waals surface area contributed by atoms with E-state index in [4.69, 9.17) is 5.73 Å². The topological polar surface area (TPSA) is 81.2 Å². The number of hydrogen-bond donors (Lipinski definition) is 2. The van der Waals surface area contributed by atoms with Crippen LogP contribution < -0.4 is 11.1 Å². The van der Waals surface area contributed by atoms with Crippen molar-refractivity contribution in [1.29, 1.82) is 0 Å². The first-order valence-electron chi connectivity index (χ1n) is 4.06. The summed E-state index contributed by atoms with van der Waals surface area (Å²) >= 11 is 3.30. The van der Waals surface area contributed by atoms with Crippen molar-refractivity contribution in [3.05, 3.63) is 31.8 Å². The van der Waals surface area contributed by atoms with Crippen molar-refractivity contribution in [3.8, 4) is 0 Å². The fourth-order valence-electron chi connectivity index (χ4n) is 1.60. The summed E-state index contributed by atoms with van der Waals surface area (Å²) in [6, 6.07) is 1.46. The van der Waals surface area contributed by atoms with Gasteiger partial charge in [0.25, 0.3) is 5.69 Å². The molecule has 3 N–H and O–H groups in total. The van der Waals surface area contributed by atoms with E-state index >= 15 is 0 Å². The van der Waals surface area contributed by atoms with Crippen molar-refractivity contribution in [1.82, 2.24) is 5.32 Å². The van der Waals surface area contributed by atoms with Crippen LogP contribution in [0.1, 0.15) is 11.1 Å². The van der Waals surface area contributed by atoms with Gasteiger partial charge in [-0.25, -0.2) is 0 Å². The van der Waals surface area contributed by atoms with Crippen molar-refractivity contribution >= 4 is 27.3 Å². The van der Waals surface area contributed by atoms with Crippen LogP contribution in [0.25, 0.3) is 0 Å². The zero-order valence-electron chi connectivity index (χ0n) is 7.21. The zero-order chi connectivity index (χ0) is 10.3. The lowest BCUT2D eigenvalue weighted by atomic mass is 10.1. The van der Waals surface area contributed by atoms with E-state index in [9.17, 15) is 10.1 Å². The Kier molecular flexibility index (Phi) is 2.16. The van der Waals surface area contributed by atoms with Crippen LogP contribution in [0.2, 0.25) is 0 Å². The van der Waals surface area contributed by atoms with E-state index < -0.39 is 4.92 Å². The fraction of sp³-hybridized carbons (Fsp3) is 0.250. The Morgan fingerprint density at radius 3 is 2.79 bits per heavy atom. The molecule has 5 nitrogen and oxygen atoms in total. The molecule has 0 unspecified atom stereocenters. The second-order valence-corrected chi connectivity index (χ2v) is 3.96. The van der Waals surface area contributed by atoms with Crippen molar-refractivity contribution in [2.75, 3.05) is 5.73 Å². The number of nitrogens with two attached hydrogens (primary N) is 1. The molecule has 0 aliphatic carbocycles. The fourth-order valence-corrected chi connectivity index (χ4v) is 2.20. The van der Waals surface area contributed by atoms with Gasteiger partial charge in [-0.3, -0.25) is 10.1 Å². The highest BCUT2D eigenvalue weighted by Crippen LogP contribution is 2.36. The highest BCUT2D eigenvalue weighted by molar-refractivity contribution is 9.10. The van der Waals surface area contributed by atoms with E-state index in [1.165, 1.54) is 6.07 Å². The number of fused-ring (bicyclic) bond motifs is 1. The van der Waals surface area contributed by atoms with Crippen LogP contribution in [0, 0.1) is 10.1 Å². The van der Waals surface area contributed by atoms with Crippen LogP contribution in [-0.2, 0) is 13.1 Å². The molecule has 0 saturated heterocycles. The summed E-state index contributed by atoms with van der Waals surface area (Å²) in [5.41, 5.74) is 7.81. The molecule has 1 aromatic carbocycles. The summed E-state index contributed by atoms with van der Waals surface area (Å²) in [6.45, 7) is 1.31. The van der Waals surface area contributed by atoms with Crippen molar-refractivity contribution < 1.29 is 4.92 Å². The zero-order valence-corrected chi connectivity index (χ0v) is 8.80. The number of hydrogen-bond acceptors (Lipinski definition) is 4. The van der Waals surface area contributed by atoms with Crippen LogP contribution >= 0.6 is 15.9 Å². The van der Waals surface area contributed by atoms with Gasteiger partial charge in [-0.1, -0.05) is 15.9 Å². The summed E-state index contributed by atoms with van der Waals surface area (Å²) in [5, 5.41) is 13.8. The Balaban J connectivity index is 2.68. The van der Waals surface area contributed by atoms with Crippen LogP contribution in [0.15, 0.2) is 10.5 Å². The Labute approximate surface area is 88.6 Å². The van der Waals surface area contributed by atoms with Gasteiger partial charge in [0.2, 0.25) is 0 Å². The van der Waals surface area contributed by atoms with E-state index in [0.29, 0.717) is 13.1 Å². The van der Waals surface area contributed by atoms with Crippen molar-refractivity contribution in [3.63, 3.8) is 0 Å². The number of nitrogens with one attached hydrogen (secondary N) is 1. The first kappa shape index (κ1) is 9.42. The number of benzene rings is 1. The van der Waals surface area contributed by atoms with E-state index in [0.717, 1.165) is 15.6 Å². The van der Waals surface area contributed by atoms with Gasteiger partial charge in [-0.15, -0.1) is 0 Å². The first-order chi connectivity index (χ1) is 6.61. The lowest BCUT2D eigenvalue weighted by molar-refractivity contribution is -0.384. The largest absolute Gasteiger partial charge is 0.393 e. The third-order valence-corrected chi connectivity index (χ3v) is 3.02. The first-order valence-corrected chi connectivity index (χ1v) is 4.85. The molecule has 6 heteroatoms. The van der Waals surface area contributed by atoms with Crippen molar-refractivity contribution in [2.24, 2.45) is 0 Å². The molecule has 2 rings (SSSR count).